The Hall–Kier alpha value is -3.72. The van der Waals surface area contributed by atoms with E-state index in [0.29, 0.717) is 11.3 Å². The number of sulfonamides is 1. The number of para-hydroxylation sites is 1. The number of hydrogen-bond donors (Lipinski definition) is 2. The summed E-state index contributed by atoms with van der Waals surface area (Å²) in [6.07, 6.45) is 0. The zero-order valence-electron chi connectivity index (χ0n) is 20.3. The van der Waals surface area contributed by atoms with Crippen LogP contribution in [-0.2, 0) is 14.8 Å². The second-order valence-electron chi connectivity index (χ2n) is 8.55. The molecule has 2 amide bonds. The number of nitrogens with zero attached hydrogens (tertiary/aromatic N) is 1. The van der Waals surface area contributed by atoms with Crippen LogP contribution in [0.15, 0.2) is 59.5 Å². The minimum absolute atomic E-state index is 0.124. The van der Waals surface area contributed by atoms with Crippen molar-refractivity contribution in [2.24, 2.45) is 0 Å². The molecule has 0 aliphatic carbocycles. The standard InChI is InChI=1S/C26H28FN3O4S/c1-16-12-18(3)25(19(4)13-16)28-24(31)15-30(5)26(32)21-14-20(11-10-17(21)2)35(33,34)29-23-9-7-6-8-22(23)27/h6-14,29H,15H2,1-5H3,(H,28,31). The topological polar surface area (TPSA) is 95.6 Å². The fraction of sp³-hybridized carbons (Fsp3) is 0.231. The normalized spacial score (nSPS) is 11.1. The van der Waals surface area contributed by atoms with Crippen LogP contribution in [0.1, 0.15) is 32.6 Å². The maximum Gasteiger partial charge on any atom is 0.262 e. The summed E-state index contributed by atoms with van der Waals surface area (Å²) in [5.74, 6) is -1.61. The SMILES string of the molecule is Cc1cc(C)c(NC(=O)CN(C)C(=O)c2cc(S(=O)(=O)Nc3ccccc3F)ccc2C)c(C)c1. The summed E-state index contributed by atoms with van der Waals surface area (Å²) >= 11 is 0. The molecule has 3 aromatic rings. The second-order valence-corrected chi connectivity index (χ2v) is 10.2. The van der Waals surface area contributed by atoms with Crippen LogP contribution in [0.4, 0.5) is 15.8 Å². The van der Waals surface area contributed by atoms with Gasteiger partial charge in [-0.1, -0.05) is 35.9 Å². The van der Waals surface area contributed by atoms with Gasteiger partial charge < -0.3 is 10.2 Å². The summed E-state index contributed by atoms with van der Waals surface area (Å²) in [5, 5.41) is 2.85. The van der Waals surface area contributed by atoms with Gasteiger partial charge in [0.25, 0.3) is 15.9 Å². The first-order chi connectivity index (χ1) is 16.4. The summed E-state index contributed by atoms with van der Waals surface area (Å²) in [5.41, 5.74) is 4.08. The van der Waals surface area contributed by atoms with Crippen LogP contribution in [0.3, 0.4) is 0 Å². The van der Waals surface area contributed by atoms with Crippen molar-refractivity contribution in [2.75, 3.05) is 23.6 Å². The van der Waals surface area contributed by atoms with Crippen molar-refractivity contribution in [1.29, 1.82) is 0 Å². The minimum atomic E-state index is -4.15. The fourth-order valence-electron chi connectivity index (χ4n) is 3.80. The van der Waals surface area contributed by atoms with Gasteiger partial charge >= 0.3 is 0 Å². The van der Waals surface area contributed by atoms with Crippen molar-refractivity contribution < 1.29 is 22.4 Å². The maximum atomic E-state index is 13.9. The van der Waals surface area contributed by atoms with Crippen LogP contribution in [-0.4, -0.2) is 38.7 Å². The highest BCUT2D eigenvalue weighted by atomic mass is 32.2. The van der Waals surface area contributed by atoms with Gasteiger partial charge in [-0.15, -0.1) is 0 Å². The Labute approximate surface area is 205 Å². The molecule has 3 rings (SSSR count). The lowest BCUT2D eigenvalue weighted by atomic mass is 10.1. The van der Waals surface area contributed by atoms with Crippen LogP contribution in [0, 0.1) is 33.5 Å². The molecule has 3 aromatic carbocycles. The fourth-order valence-corrected chi connectivity index (χ4v) is 4.89. The molecule has 0 radical (unpaired) electrons. The first-order valence-electron chi connectivity index (χ1n) is 10.9. The molecule has 0 aliphatic rings. The van der Waals surface area contributed by atoms with Gasteiger partial charge in [-0.2, -0.15) is 0 Å². The Morgan fingerprint density at radius 3 is 2.17 bits per heavy atom. The molecular weight excluding hydrogens is 469 g/mol. The number of nitrogens with one attached hydrogen (secondary N) is 2. The Balaban J connectivity index is 1.78. The second kappa shape index (κ2) is 10.3. The summed E-state index contributed by atoms with van der Waals surface area (Å²) < 4.78 is 41.8. The first kappa shape index (κ1) is 25.9. The minimum Gasteiger partial charge on any atom is -0.332 e. The predicted molar refractivity (Wildman–Crippen MR) is 135 cm³/mol. The van der Waals surface area contributed by atoms with Crippen LogP contribution in [0.25, 0.3) is 0 Å². The Morgan fingerprint density at radius 1 is 0.914 bits per heavy atom. The average Bonchev–Trinajstić information content (AvgIpc) is 2.77. The van der Waals surface area contributed by atoms with Crippen molar-refractivity contribution in [2.45, 2.75) is 32.6 Å². The molecule has 0 saturated carbocycles. The molecule has 0 spiro atoms. The molecule has 35 heavy (non-hydrogen) atoms. The van der Waals surface area contributed by atoms with E-state index >= 15 is 0 Å². The molecule has 184 valence electrons. The number of carbonyl (C=O) groups excluding carboxylic acids is 2. The van der Waals surface area contributed by atoms with E-state index in [1.165, 1.54) is 48.3 Å². The number of aryl methyl sites for hydroxylation is 4. The third kappa shape index (κ3) is 6.05. The number of benzene rings is 3. The lowest BCUT2D eigenvalue weighted by Gasteiger charge is -2.20. The van der Waals surface area contributed by atoms with E-state index in [2.05, 4.69) is 10.0 Å². The molecule has 9 heteroatoms. The number of hydrogen-bond acceptors (Lipinski definition) is 4. The van der Waals surface area contributed by atoms with E-state index < -0.39 is 21.7 Å². The Morgan fingerprint density at radius 2 is 1.54 bits per heavy atom. The number of amides is 2. The molecule has 0 aromatic heterocycles. The predicted octanol–water partition coefficient (Wildman–Crippen LogP) is 4.57. The van der Waals surface area contributed by atoms with Gasteiger partial charge in [0.15, 0.2) is 0 Å². The van der Waals surface area contributed by atoms with Gasteiger partial charge in [-0.25, -0.2) is 12.8 Å². The highest BCUT2D eigenvalue weighted by molar-refractivity contribution is 7.92. The number of anilines is 2. The van der Waals surface area contributed by atoms with Gasteiger partial charge in [0.1, 0.15) is 5.82 Å². The first-order valence-corrected chi connectivity index (χ1v) is 12.4. The largest absolute Gasteiger partial charge is 0.332 e. The lowest BCUT2D eigenvalue weighted by Crippen LogP contribution is -2.35. The van der Waals surface area contributed by atoms with Gasteiger partial charge in [-0.05, 0) is 68.7 Å². The number of rotatable bonds is 7. The molecule has 0 bridgehead atoms. The van der Waals surface area contributed by atoms with Crippen molar-refractivity contribution in [3.05, 3.63) is 88.2 Å². The van der Waals surface area contributed by atoms with Crippen LogP contribution < -0.4 is 10.0 Å². The number of halogens is 1. The van der Waals surface area contributed by atoms with E-state index in [-0.39, 0.29) is 28.6 Å². The quantitative estimate of drug-likeness (QED) is 0.500. The van der Waals surface area contributed by atoms with E-state index in [9.17, 15) is 22.4 Å². The molecule has 2 N–H and O–H groups in total. The van der Waals surface area contributed by atoms with Gasteiger partial charge in [0.2, 0.25) is 5.91 Å². The molecule has 0 fully saturated rings. The van der Waals surface area contributed by atoms with Crippen LogP contribution in [0.5, 0.6) is 0 Å². The van der Waals surface area contributed by atoms with Gasteiger partial charge in [0, 0.05) is 18.3 Å². The molecular formula is C26H28FN3O4S. The third-order valence-corrected chi connectivity index (χ3v) is 6.90. The van der Waals surface area contributed by atoms with E-state index in [1.54, 1.807) is 6.92 Å². The van der Waals surface area contributed by atoms with E-state index in [4.69, 9.17) is 0 Å². The number of likely N-dealkylation sites (N-methyl/N-ethyl adjacent to an activating group) is 1. The highest BCUT2D eigenvalue weighted by Gasteiger charge is 2.22. The van der Waals surface area contributed by atoms with E-state index in [1.807, 2.05) is 32.9 Å². The van der Waals surface area contributed by atoms with Crippen molar-refractivity contribution in [1.82, 2.24) is 4.90 Å². The van der Waals surface area contributed by atoms with Crippen molar-refractivity contribution in [3.63, 3.8) is 0 Å². The van der Waals surface area contributed by atoms with E-state index in [0.717, 1.165) is 22.8 Å². The van der Waals surface area contributed by atoms with Gasteiger partial charge in [-0.3, -0.25) is 14.3 Å². The summed E-state index contributed by atoms with van der Waals surface area (Å²) in [7, 11) is -2.68. The average molecular weight is 498 g/mol. The lowest BCUT2D eigenvalue weighted by molar-refractivity contribution is -0.116. The molecule has 0 unspecified atom stereocenters. The van der Waals surface area contributed by atoms with Crippen molar-refractivity contribution in [3.8, 4) is 0 Å². The Kier molecular flexibility index (Phi) is 7.60. The maximum absolute atomic E-state index is 13.9. The van der Waals surface area contributed by atoms with Crippen LogP contribution in [0.2, 0.25) is 0 Å². The summed E-state index contributed by atoms with van der Waals surface area (Å²) in [4.78, 5) is 26.8. The summed E-state index contributed by atoms with van der Waals surface area (Å²) in [6, 6.07) is 13.4. The smallest absolute Gasteiger partial charge is 0.262 e. The third-order valence-electron chi connectivity index (χ3n) is 5.54. The molecule has 0 atom stereocenters. The van der Waals surface area contributed by atoms with Gasteiger partial charge in [0.05, 0.1) is 17.1 Å². The molecule has 0 heterocycles. The van der Waals surface area contributed by atoms with Crippen LogP contribution >= 0.6 is 0 Å². The number of carbonyl (C=O) groups is 2. The summed E-state index contributed by atoms with van der Waals surface area (Å²) in [6.45, 7) is 7.21. The van der Waals surface area contributed by atoms with Crippen molar-refractivity contribution >= 4 is 33.2 Å². The Bertz CT molecular complexity index is 1380. The zero-order valence-corrected chi connectivity index (χ0v) is 21.1. The monoisotopic (exact) mass is 497 g/mol. The molecule has 7 nitrogen and oxygen atoms in total. The zero-order chi connectivity index (χ0) is 25.9. The molecule has 0 saturated heterocycles. The molecule has 0 aliphatic heterocycles. The highest BCUT2D eigenvalue weighted by Crippen LogP contribution is 2.23.